The lowest BCUT2D eigenvalue weighted by atomic mass is 10.3. The molecule has 0 saturated carbocycles. The lowest BCUT2D eigenvalue weighted by Gasteiger charge is -2.32. The van der Waals surface area contributed by atoms with Gasteiger partial charge in [0.25, 0.3) is 0 Å². The van der Waals surface area contributed by atoms with Gasteiger partial charge in [0.15, 0.2) is 0 Å². The van der Waals surface area contributed by atoms with Crippen molar-refractivity contribution < 1.29 is 53.5 Å². The second kappa shape index (κ2) is 24.7. The number of carboxylic acid groups (broad SMARTS) is 3. The largest absolute Gasteiger partial charge is 0.480 e. The smallest absolute Gasteiger partial charge is 0.317 e. The van der Waals surface area contributed by atoms with Crippen molar-refractivity contribution in [2.24, 2.45) is 0 Å². The summed E-state index contributed by atoms with van der Waals surface area (Å²) >= 11 is 5.37. The van der Waals surface area contributed by atoms with Crippen LogP contribution < -0.4 is 10.6 Å². The van der Waals surface area contributed by atoms with E-state index in [-0.39, 0.29) is 57.0 Å². The second-order valence-electron chi connectivity index (χ2n) is 9.96. The maximum atomic E-state index is 12.6. The van der Waals surface area contributed by atoms with Gasteiger partial charge in [-0.3, -0.25) is 43.6 Å². The Morgan fingerprint density at radius 1 is 0.500 bits per heavy atom. The molecular weight excluding hydrogens is 608 g/mol. The number of halogens is 1. The van der Waals surface area contributed by atoms with E-state index in [1.807, 2.05) is 4.90 Å². The molecule has 0 spiro atoms. The van der Waals surface area contributed by atoms with Gasteiger partial charge in [-0.25, -0.2) is 0 Å². The van der Waals surface area contributed by atoms with Crippen LogP contribution in [0.4, 0.5) is 0 Å². The average molecular weight is 655 g/mol. The first-order chi connectivity index (χ1) is 21.1. The highest BCUT2D eigenvalue weighted by Gasteiger charge is 2.21. The monoisotopic (exact) mass is 654 g/mol. The number of nitrogens with zero attached hydrogens (tertiary/aromatic N) is 4. The van der Waals surface area contributed by atoms with Crippen LogP contribution in [0.1, 0.15) is 0 Å². The zero-order valence-corrected chi connectivity index (χ0v) is 25.9. The Balaban J connectivity index is 2.44. The van der Waals surface area contributed by atoms with Gasteiger partial charge in [-0.05, 0) is 0 Å². The minimum absolute atomic E-state index is 0.0334. The standard InChI is InChI=1S/C26H47ClN6O11/c27-17-22(34)28-1-11-42-13-15-44-16-14-43-12-2-29-23(35)18-30-3-5-31(19-24(36)37)7-9-33(21-26(40)41)10-8-32(6-4-30)20-25(38)39/h1-21H2,(H,28,34)(H,29,35)(H,36,37)(H,38,39)(H,40,41). The van der Waals surface area contributed by atoms with Crippen LogP contribution in [0.2, 0.25) is 0 Å². The van der Waals surface area contributed by atoms with E-state index in [2.05, 4.69) is 10.6 Å². The minimum atomic E-state index is -1.02. The van der Waals surface area contributed by atoms with Crippen LogP contribution in [0.25, 0.3) is 0 Å². The summed E-state index contributed by atoms with van der Waals surface area (Å²) in [6.07, 6.45) is 0. The number of aliphatic carboxylic acids is 3. The molecule has 0 unspecified atom stereocenters. The molecular formula is C26H47ClN6O11. The van der Waals surface area contributed by atoms with E-state index in [9.17, 15) is 39.3 Å². The number of alkyl halides is 1. The molecule has 0 atom stereocenters. The number of carboxylic acids is 3. The SMILES string of the molecule is O=C(O)CN1CCN(CC(=O)O)CCN(CC(=O)NCCOCCOCCOCCNC(=O)CCl)CCN(CC(=O)O)CC1. The molecule has 1 heterocycles. The van der Waals surface area contributed by atoms with Crippen LogP contribution in [0, 0.1) is 0 Å². The Bertz CT molecular complexity index is 840. The van der Waals surface area contributed by atoms with Crippen LogP contribution >= 0.6 is 11.6 Å². The molecule has 0 aromatic heterocycles. The molecule has 0 radical (unpaired) electrons. The highest BCUT2D eigenvalue weighted by atomic mass is 35.5. The number of hydrogen-bond acceptors (Lipinski definition) is 12. The van der Waals surface area contributed by atoms with Crippen molar-refractivity contribution in [1.29, 1.82) is 0 Å². The highest BCUT2D eigenvalue weighted by Crippen LogP contribution is 2.01. The molecule has 0 bridgehead atoms. The summed E-state index contributed by atoms with van der Waals surface area (Å²) in [6, 6.07) is 0. The molecule has 17 nitrogen and oxygen atoms in total. The first kappa shape index (κ1) is 39.4. The van der Waals surface area contributed by atoms with Crippen molar-refractivity contribution in [2.45, 2.75) is 0 Å². The summed E-state index contributed by atoms with van der Waals surface area (Å²) in [4.78, 5) is 64.6. The summed E-state index contributed by atoms with van der Waals surface area (Å²) in [6.45, 7) is 4.64. The molecule has 5 N–H and O–H groups in total. The Hall–Kier alpha value is -2.64. The van der Waals surface area contributed by atoms with Crippen LogP contribution in [0.3, 0.4) is 0 Å². The van der Waals surface area contributed by atoms with Crippen molar-refractivity contribution in [3.63, 3.8) is 0 Å². The quantitative estimate of drug-likeness (QED) is 0.0616. The van der Waals surface area contributed by atoms with E-state index in [0.29, 0.717) is 91.9 Å². The van der Waals surface area contributed by atoms with E-state index < -0.39 is 17.9 Å². The lowest BCUT2D eigenvalue weighted by molar-refractivity contribution is -0.140. The molecule has 1 fully saturated rings. The minimum Gasteiger partial charge on any atom is -0.480 e. The molecule has 1 saturated heterocycles. The molecule has 2 amide bonds. The summed E-state index contributed by atoms with van der Waals surface area (Å²) in [7, 11) is 0. The Kier molecular flexibility index (Phi) is 22.1. The average Bonchev–Trinajstić information content (AvgIpc) is 2.95. The number of hydrogen-bond donors (Lipinski definition) is 5. The van der Waals surface area contributed by atoms with E-state index in [0.717, 1.165) is 0 Å². The van der Waals surface area contributed by atoms with Crippen LogP contribution in [0.15, 0.2) is 0 Å². The fourth-order valence-electron chi connectivity index (χ4n) is 4.16. The third-order valence-electron chi connectivity index (χ3n) is 6.38. The van der Waals surface area contributed by atoms with Crippen molar-refractivity contribution in [1.82, 2.24) is 30.2 Å². The fraction of sp³-hybridized carbons (Fsp3) is 0.808. The predicted molar refractivity (Wildman–Crippen MR) is 158 cm³/mol. The molecule has 1 aliphatic heterocycles. The van der Waals surface area contributed by atoms with Gasteiger partial charge in [0, 0.05) is 65.4 Å². The van der Waals surface area contributed by atoms with E-state index in [1.54, 1.807) is 14.7 Å². The zero-order chi connectivity index (χ0) is 32.6. The highest BCUT2D eigenvalue weighted by molar-refractivity contribution is 6.27. The number of rotatable bonds is 21. The maximum Gasteiger partial charge on any atom is 0.317 e. The summed E-state index contributed by atoms with van der Waals surface area (Å²) in [5.41, 5.74) is 0. The first-order valence-electron chi connectivity index (χ1n) is 14.5. The number of amides is 2. The molecule has 0 aliphatic carbocycles. The van der Waals surface area contributed by atoms with Crippen molar-refractivity contribution >= 4 is 41.3 Å². The van der Waals surface area contributed by atoms with Crippen molar-refractivity contribution in [3.05, 3.63) is 0 Å². The van der Waals surface area contributed by atoms with Crippen LogP contribution in [0.5, 0.6) is 0 Å². The summed E-state index contributed by atoms with van der Waals surface area (Å²) < 4.78 is 16.2. The number of carbonyl (C=O) groups excluding carboxylic acids is 2. The van der Waals surface area contributed by atoms with Crippen LogP contribution in [-0.4, -0.2) is 202 Å². The zero-order valence-electron chi connectivity index (χ0n) is 25.1. The van der Waals surface area contributed by atoms with Crippen molar-refractivity contribution in [3.8, 4) is 0 Å². The van der Waals surface area contributed by atoms with Gasteiger partial charge in [0.2, 0.25) is 11.8 Å². The summed E-state index contributed by atoms with van der Waals surface area (Å²) in [5.74, 6) is -3.64. The normalized spacial score (nSPS) is 16.5. The van der Waals surface area contributed by atoms with Gasteiger partial charge >= 0.3 is 17.9 Å². The molecule has 1 aliphatic rings. The Morgan fingerprint density at radius 3 is 1.11 bits per heavy atom. The third-order valence-corrected chi connectivity index (χ3v) is 6.62. The number of carbonyl (C=O) groups is 5. The van der Waals surface area contributed by atoms with E-state index in [4.69, 9.17) is 25.8 Å². The van der Waals surface area contributed by atoms with Gasteiger partial charge in [-0.15, -0.1) is 11.6 Å². The fourth-order valence-corrected chi connectivity index (χ4v) is 4.25. The maximum absolute atomic E-state index is 12.6. The third kappa shape index (κ3) is 22.0. The van der Waals surface area contributed by atoms with Gasteiger partial charge < -0.3 is 40.2 Å². The Labute approximate surface area is 262 Å². The molecule has 44 heavy (non-hydrogen) atoms. The number of ether oxygens (including phenoxy) is 3. The van der Waals surface area contributed by atoms with Gasteiger partial charge in [-0.1, -0.05) is 0 Å². The molecule has 254 valence electrons. The van der Waals surface area contributed by atoms with E-state index in [1.165, 1.54) is 0 Å². The van der Waals surface area contributed by atoms with Gasteiger partial charge in [-0.2, -0.15) is 0 Å². The second-order valence-corrected chi connectivity index (χ2v) is 10.2. The van der Waals surface area contributed by atoms with Crippen LogP contribution in [-0.2, 0) is 38.2 Å². The lowest BCUT2D eigenvalue weighted by Crippen LogP contribution is -2.50. The molecule has 18 heteroatoms. The molecule has 1 rings (SSSR count). The summed E-state index contributed by atoms with van der Waals surface area (Å²) in [5, 5.41) is 33.3. The van der Waals surface area contributed by atoms with E-state index >= 15 is 0 Å². The first-order valence-corrected chi connectivity index (χ1v) is 15.0. The van der Waals surface area contributed by atoms with Gasteiger partial charge in [0.1, 0.15) is 5.88 Å². The van der Waals surface area contributed by atoms with Crippen molar-refractivity contribution in [2.75, 3.05) is 137 Å². The molecule has 0 aromatic rings. The predicted octanol–water partition coefficient (Wildman–Crippen LogP) is -3.02. The number of nitrogens with one attached hydrogen (secondary N) is 2. The Morgan fingerprint density at radius 2 is 0.795 bits per heavy atom. The molecule has 0 aromatic carbocycles. The topological polar surface area (TPSA) is 211 Å². The van der Waals surface area contributed by atoms with Gasteiger partial charge in [0.05, 0.1) is 65.8 Å².